The van der Waals surface area contributed by atoms with Crippen molar-refractivity contribution in [3.8, 4) is 5.75 Å². The minimum atomic E-state index is 0.662. The second-order valence-corrected chi connectivity index (χ2v) is 7.17. The molecule has 0 amide bonds. The molecule has 0 spiro atoms. The topological polar surface area (TPSA) is 21.3 Å². The van der Waals surface area contributed by atoms with Gasteiger partial charge < -0.3 is 10.1 Å². The van der Waals surface area contributed by atoms with Crippen molar-refractivity contribution >= 4 is 0 Å². The Bertz CT molecular complexity index is 427. The first-order chi connectivity index (χ1) is 10.0. The number of rotatable bonds is 7. The molecule has 1 aliphatic rings. The van der Waals surface area contributed by atoms with Gasteiger partial charge in [-0.1, -0.05) is 45.9 Å². The summed E-state index contributed by atoms with van der Waals surface area (Å²) in [5.41, 5.74) is 1.38. The molecule has 21 heavy (non-hydrogen) atoms. The molecule has 0 aliphatic heterocycles. The molecule has 1 fully saturated rings. The van der Waals surface area contributed by atoms with Crippen molar-refractivity contribution < 1.29 is 4.74 Å². The van der Waals surface area contributed by atoms with E-state index < -0.39 is 0 Å². The van der Waals surface area contributed by atoms with Crippen LogP contribution in [0.4, 0.5) is 0 Å². The molecule has 2 rings (SSSR count). The molecule has 0 unspecified atom stereocenters. The third kappa shape index (κ3) is 4.00. The van der Waals surface area contributed by atoms with Crippen LogP contribution < -0.4 is 10.1 Å². The second-order valence-electron chi connectivity index (χ2n) is 7.17. The van der Waals surface area contributed by atoms with Gasteiger partial charge in [-0.25, -0.2) is 0 Å². The van der Waals surface area contributed by atoms with Crippen LogP contribution in [0.3, 0.4) is 0 Å². The summed E-state index contributed by atoms with van der Waals surface area (Å²) < 4.78 is 5.48. The van der Waals surface area contributed by atoms with Crippen LogP contribution in [0.5, 0.6) is 5.75 Å². The lowest BCUT2D eigenvalue weighted by atomic mass is 9.75. The van der Waals surface area contributed by atoms with Crippen LogP contribution in [0.1, 0.15) is 52.0 Å². The molecule has 0 atom stereocenters. The highest BCUT2D eigenvalue weighted by Gasteiger charge is 2.32. The van der Waals surface area contributed by atoms with E-state index in [0.717, 1.165) is 30.0 Å². The number of nitrogens with one attached hydrogen (secondary N) is 1. The number of hydrogen-bond acceptors (Lipinski definition) is 2. The van der Waals surface area contributed by atoms with Crippen LogP contribution in [-0.2, 0) is 0 Å². The molecular formula is C19H31NO. The standard InChI is InChI=1S/C19H31NO/c1-13(2)18(14(3)4)12-20-16-10-15(11-16)17-8-6-7-9-19(17)21-5/h6-9,13-16,18,20H,10-12H2,1-5H3. The lowest BCUT2D eigenvalue weighted by molar-refractivity contribution is 0.223. The molecule has 0 heterocycles. The van der Waals surface area contributed by atoms with Crippen molar-refractivity contribution in [3.05, 3.63) is 29.8 Å². The number of hydrogen-bond donors (Lipinski definition) is 1. The molecule has 118 valence electrons. The van der Waals surface area contributed by atoms with Crippen molar-refractivity contribution in [1.29, 1.82) is 0 Å². The molecule has 0 aromatic heterocycles. The first-order valence-electron chi connectivity index (χ1n) is 8.39. The number of benzene rings is 1. The third-order valence-corrected chi connectivity index (χ3v) is 5.07. The Kier molecular flexibility index (Phi) is 5.69. The highest BCUT2D eigenvalue weighted by molar-refractivity contribution is 5.37. The van der Waals surface area contributed by atoms with Gasteiger partial charge in [-0.15, -0.1) is 0 Å². The van der Waals surface area contributed by atoms with Gasteiger partial charge >= 0.3 is 0 Å². The van der Waals surface area contributed by atoms with E-state index in [2.05, 4.69) is 51.2 Å². The van der Waals surface area contributed by atoms with Gasteiger partial charge in [0.25, 0.3) is 0 Å². The van der Waals surface area contributed by atoms with Crippen molar-refractivity contribution in [2.24, 2.45) is 17.8 Å². The summed E-state index contributed by atoms with van der Waals surface area (Å²) in [5, 5.41) is 3.78. The fourth-order valence-electron chi connectivity index (χ4n) is 3.59. The van der Waals surface area contributed by atoms with E-state index in [0.29, 0.717) is 12.0 Å². The molecule has 1 aromatic rings. The van der Waals surface area contributed by atoms with Gasteiger partial charge in [0.15, 0.2) is 0 Å². The van der Waals surface area contributed by atoms with Gasteiger partial charge in [0, 0.05) is 6.04 Å². The van der Waals surface area contributed by atoms with E-state index in [1.54, 1.807) is 7.11 Å². The Morgan fingerprint density at radius 1 is 1.10 bits per heavy atom. The van der Waals surface area contributed by atoms with Crippen molar-refractivity contribution in [3.63, 3.8) is 0 Å². The normalized spacial score (nSPS) is 21.9. The molecule has 2 nitrogen and oxygen atoms in total. The Balaban J connectivity index is 1.81. The van der Waals surface area contributed by atoms with Gasteiger partial charge in [-0.3, -0.25) is 0 Å². The number of para-hydroxylation sites is 1. The Morgan fingerprint density at radius 2 is 1.71 bits per heavy atom. The number of methoxy groups -OCH3 is 1. The molecule has 1 saturated carbocycles. The fourth-order valence-corrected chi connectivity index (χ4v) is 3.59. The van der Waals surface area contributed by atoms with Gasteiger partial charge in [0.2, 0.25) is 0 Å². The van der Waals surface area contributed by atoms with Crippen LogP contribution in [-0.4, -0.2) is 19.7 Å². The minimum Gasteiger partial charge on any atom is -0.496 e. The van der Waals surface area contributed by atoms with Crippen molar-refractivity contribution in [2.45, 2.75) is 52.5 Å². The SMILES string of the molecule is COc1ccccc1C1CC(NCC(C(C)C)C(C)C)C1. The molecule has 1 N–H and O–H groups in total. The van der Waals surface area contributed by atoms with Crippen LogP contribution >= 0.6 is 0 Å². The monoisotopic (exact) mass is 289 g/mol. The lowest BCUT2D eigenvalue weighted by Gasteiger charge is -2.38. The molecule has 1 aromatic carbocycles. The average molecular weight is 289 g/mol. The molecule has 2 heteroatoms. The van der Waals surface area contributed by atoms with Crippen LogP contribution in [0.2, 0.25) is 0 Å². The Hall–Kier alpha value is -1.02. The van der Waals surface area contributed by atoms with Gasteiger partial charge in [0.05, 0.1) is 7.11 Å². The van der Waals surface area contributed by atoms with E-state index in [1.807, 2.05) is 6.07 Å². The lowest BCUT2D eigenvalue weighted by Crippen LogP contribution is -2.43. The summed E-state index contributed by atoms with van der Waals surface area (Å²) in [7, 11) is 1.77. The van der Waals surface area contributed by atoms with E-state index in [9.17, 15) is 0 Å². The first-order valence-corrected chi connectivity index (χ1v) is 8.39. The molecule has 1 aliphatic carbocycles. The maximum Gasteiger partial charge on any atom is 0.122 e. The Labute approximate surface area is 130 Å². The van der Waals surface area contributed by atoms with E-state index in [-0.39, 0.29) is 0 Å². The van der Waals surface area contributed by atoms with E-state index in [1.165, 1.54) is 18.4 Å². The summed E-state index contributed by atoms with van der Waals surface area (Å²) in [6.45, 7) is 10.5. The zero-order valence-electron chi connectivity index (χ0n) is 14.2. The summed E-state index contributed by atoms with van der Waals surface area (Å²) in [5.74, 6) is 3.99. The van der Waals surface area contributed by atoms with Crippen LogP contribution in [0.15, 0.2) is 24.3 Å². The summed E-state index contributed by atoms with van der Waals surface area (Å²) in [6, 6.07) is 9.13. The Morgan fingerprint density at radius 3 is 2.29 bits per heavy atom. The van der Waals surface area contributed by atoms with Gasteiger partial charge in [0.1, 0.15) is 5.75 Å². The fraction of sp³-hybridized carbons (Fsp3) is 0.684. The molecular weight excluding hydrogens is 258 g/mol. The van der Waals surface area contributed by atoms with Crippen LogP contribution in [0.25, 0.3) is 0 Å². The highest BCUT2D eigenvalue weighted by atomic mass is 16.5. The van der Waals surface area contributed by atoms with Gasteiger partial charge in [-0.2, -0.15) is 0 Å². The van der Waals surface area contributed by atoms with E-state index >= 15 is 0 Å². The summed E-state index contributed by atoms with van der Waals surface area (Å²) in [6.07, 6.45) is 2.48. The number of ether oxygens (including phenoxy) is 1. The third-order valence-electron chi connectivity index (χ3n) is 5.07. The zero-order chi connectivity index (χ0) is 15.4. The predicted molar refractivity (Wildman–Crippen MR) is 89.9 cm³/mol. The highest BCUT2D eigenvalue weighted by Crippen LogP contribution is 2.41. The average Bonchev–Trinajstić information content (AvgIpc) is 2.40. The first kappa shape index (κ1) is 16.4. The van der Waals surface area contributed by atoms with Gasteiger partial charge in [-0.05, 0) is 54.7 Å². The van der Waals surface area contributed by atoms with Crippen LogP contribution in [0, 0.1) is 17.8 Å². The maximum atomic E-state index is 5.48. The van der Waals surface area contributed by atoms with Crippen molar-refractivity contribution in [2.75, 3.05) is 13.7 Å². The smallest absolute Gasteiger partial charge is 0.122 e. The molecule has 0 bridgehead atoms. The summed E-state index contributed by atoms with van der Waals surface area (Å²) in [4.78, 5) is 0. The second kappa shape index (κ2) is 7.31. The molecule has 0 radical (unpaired) electrons. The largest absolute Gasteiger partial charge is 0.496 e. The minimum absolute atomic E-state index is 0.662. The molecule has 0 saturated heterocycles. The maximum absolute atomic E-state index is 5.48. The van der Waals surface area contributed by atoms with E-state index in [4.69, 9.17) is 4.74 Å². The quantitative estimate of drug-likeness (QED) is 0.800. The van der Waals surface area contributed by atoms with Crippen molar-refractivity contribution in [1.82, 2.24) is 5.32 Å². The zero-order valence-corrected chi connectivity index (χ0v) is 14.2. The summed E-state index contributed by atoms with van der Waals surface area (Å²) >= 11 is 0. The predicted octanol–water partition coefficient (Wildman–Crippen LogP) is 4.46.